The normalized spacial score (nSPS) is 10.4. The number of rotatable bonds is 2. The Morgan fingerprint density at radius 2 is 1.65 bits per heavy atom. The van der Waals surface area contributed by atoms with Crippen LogP contribution in [0.15, 0.2) is 59.7 Å². The van der Waals surface area contributed by atoms with Gasteiger partial charge in [-0.1, -0.05) is 41.9 Å². The van der Waals surface area contributed by atoms with E-state index in [1.165, 1.54) is 0 Å². The van der Waals surface area contributed by atoms with Crippen molar-refractivity contribution in [2.24, 2.45) is 0 Å². The van der Waals surface area contributed by atoms with Crippen molar-refractivity contribution < 1.29 is 0 Å². The topological polar surface area (TPSA) is 58.6 Å². The van der Waals surface area contributed by atoms with Gasteiger partial charge in [-0.3, -0.25) is 9.78 Å². The lowest BCUT2D eigenvalue weighted by Crippen LogP contribution is -2.11. The minimum absolute atomic E-state index is 0.0795. The van der Waals surface area contributed by atoms with Crippen LogP contribution in [0.5, 0.6) is 0 Å². The van der Waals surface area contributed by atoms with Crippen molar-refractivity contribution in [1.29, 1.82) is 0 Å². The van der Waals surface area contributed by atoms with Gasteiger partial charge in [0.05, 0.1) is 5.69 Å². The third-order valence-corrected chi connectivity index (χ3v) is 3.23. The number of nitrogens with zero attached hydrogens (tertiary/aromatic N) is 2. The van der Waals surface area contributed by atoms with E-state index in [2.05, 4.69) is 15.0 Å². The predicted molar refractivity (Wildman–Crippen MR) is 78.5 cm³/mol. The first-order chi connectivity index (χ1) is 9.75. The number of pyridine rings is 1. The average Bonchev–Trinajstić information content (AvgIpc) is 2.51. The van der Waals surface area contributed by atoms with Gasteiger partial charge in [0.2, 0.25) is 0 Å². The second kappa shape index (κ2) is 5.27. The molecule has 98 valence electrons. The van der Waals surface area contributed by atoms with Crippen LogP contribution in [0.4, 0.5) is 0 Å². The molecule has 4 nitrogen and oxygen atoms in total. The van der Waals surface area contributed by atoms with Crippen LogP contribution in [0.2, 0.25) is 5.02 Å². The van der Waals surface area contributed by atoms with Crippen molar-refractivity contribution >= 4 is 11.6 Å². The fourth-order valence-corrected chi connectivity index (χ4v) is 2.11. The minimum Gasteiger partial charge on any atom is -0.338 e. The van der Waals surface area contributed by atoms with E-state index in [1.54, 1.807) is 24.5 Å². The highest BCUT2D eigenvalue weighted by molar-refractivity contribution is 6.32. The monoisotopic (exact) mass is 283 g/mol. The fourth-order valence-electron chi connectivity index (χ4n) is 1.91. The molecule has 0 radical (unpaired) electrons. The third-order valence-electron chi connectivity index (χ3n) is 2.88. The van der Waals surface area contributed by atoms with Gasteiger partial charge in [-0.25, -0.2) is 0 Å². The van der Waals surface area contributed by atoms with Gasteiger partial charge < -0.3 is 4.98 Å². The van der Waals surface area contributed by atoms with Crippen molar-refractivity contribution in [2.45, 2.75) is 0 Å². The summed E-state index contributed by atoms with van der Waals surface area (Å²) in [6.07, 6.45) is 3.29. The van der Waals surface area contributed by atoms with Gasteiger partial charge in [0.1, 0.15) is 10.8 Å². The summed E-state index contributed by atoms with van der Waals surface area (Å²) >= 11 is 6.06. The largest absolute Gasteiger partial charge is 0.338 e. The van der Waals surface area contributed by atoms with Crippen LogP contribution >= 0.6 is 11.6 Å². The van der Waals surface area contributed by atoms with E-state index in [4.69, 9.17) is 11.6 Å². The van der Waals surface area contributed by atoms with Gasteiger partial charge in [0.15, 0.2) is 0 Å². The Morgan fingerprint density at radius 1 is 0.950 bits per heavy atom. The molecular formula is C15H10ClN3O. The third kappa shape index (κ3) is 2.33. The van der Waals surface area contributed by atoms with Crippen molar-refractivity contribution in [2.75, 3.05) is 0 Å². The lowest BCUT2D eigenvalue weighted by atomic mass is 10.1. The van der Waals surface area contributed by atoms with E-state index < -0.39 is 5.56 Å². The SMILES string of the molecule is O=c1nc(-c2ccccc2)[nH]c(-c2ccncc2)c1Cl. The Bertz CT molecular complexity index is 785. The van der Waals surface area contributed by atoms with Gasteiger partial charge in [0.25, 0.3) is 5.56 Å². The predicted octanol–water partition coefficient (Wildman–Crippen LogP) is 3.15. The molecule has 0 bridgehead atoms. The fraction of sp³-hybridized carbons (Fsp3) is 0. The quantitative estimate of drug-likeness (QED) is 0.786. The second-order valence-electron chi connectivity index (χ2n) is 4.18. The molecule has 0 amide bonds. The summed E-state index contributed by atoms with van der Waals surface area (Å²) in [6, 6.07) is 13.0. The summed E-state index contributed by atoms with van der Waals surface area (Å²) in [5, 5.41) is 0.0795. The van der Waals surface area contributed by atoms with E-state index in [0.717, 1.165) is 11.1 Å². The van der Waals surface area contributed by atoms with Crippen LogP contribution < -0.4 is 5.56 Å². The van der Waals surface area contributed by atoms with Crippen LogP contribution in [-0.2, 0) is 0 Å². The van der Waals surface area contributed by atoms with Crippen LogP contribution in [-0.4, -0.2) is 15.0 Å². The molecule has 0 aliphatic rings. The van der Waals surface area contributed by atoms with E-state index in [9.17, 15) is 4.79 Å². The number of aromatic amines is 1. The van der Waals surface area contributed by atoms with Gasteiger partial charge in [-0.2, -0.15) is 4.98 Å². The first-order valence-electron chi connectivity index (χ1n) is 6.01. The Kier molecular flexibility index (Phi) is 3.31. The summed E-state index contributed by atoms with van der Waals surface area (Å²) in [5.74, 6) is 0.492. The summed E-state index contributed by atoms with van der Waals surface area (Å²) in [4.78, 5) is 23.0. The van der Waals surface area contributed by atoms with E-state index in [0.29, 0.717) is 11.5 Å². The summed E-state index contributed by atoms with van der Waals surface area (Å²) in [7, 11) is 0. The number of benzene rings is 1. The average molecular weight is 284 g/mol. The first kappa shape index (κ1) is 12.6. The van der Waals surface area contributed by atoms with Crippen molar-refractivity contribution in [1.82, 2.24) is 15.0 Å². The van der Waals surface area contributed by atoms with Gasteiger partial charge >= 0.3 is 0 Å². The number of H-pyrrole nitrogens is 1. The zero-order chi connectivity index (χ0) is 13.9. The van der Waals surface area contributed by atoms with Crippen LogP contribution in [0.3, 0.4) is 0 Å². The molecule has 0 unspecified atom stereocenters. The molecule has 2 aromatic heterocycles. The molecule has 2 heterocycles. The van der Waals surface area contributed by atoms with Crippen molar-refractivity contribution in [3.05, 3.63) is 70.2 Å². The Balaban J connectivity index is 2.22. The smallest absolute Gasteiger partial charge is 0.292 e. The molecule has 3 rings (SSSR count). The molecule has 1 N–H and O–H groups in total. The number of aromatic nitrogens is 3. The molecule has 0 saturated heterocycles. The zero-order valence-electron chi connectivity index (χ0n) is 10.4. The maximum absolute atomic E-state index is 11.9. The summed E-state index contributed by atoms with van der Waals surface area (Å²) in [5.41, 5.74) is 1.72. The summed E-state index contributed by atoms with van der Waals surface area (Å²) < 4.78 is 0. The van der Waals surface area contributed by atoms with E-state index in [-0.39, 0.29) is 5.02 Å². The maximum Gasteiger partial charge on any atom is 0.292 e. The highest BCUT2D eigenvalue weighted by Crippen LogP contribution is 2.24. The van der Waals surface area contributed by atoms with Crippen LogP contribution in [0.1, 0.15) is 0 Å². The second-order valence-corrected chi connectivity index (χ2v) is 4.56. The lowest BCUT2D eigenvalue weighted by molar-refractivity contribution is 1.13. The van der Waals surface area contributed by atoms with Crippen LogP contribution in [0, 0.1) is 0 Å². The lowest BCUT2D eigenvalue weighted by Gasteiger charge is -2.07. The standard InChI is InChI=1S/C15H10ClN3O/c16-12-13(10-6-8-17-9-7-10)18-14(19-15(12)20)11-4-2-1-3-5-11/h1-9H,(H,18,19,20). The van der Waals surface area contributed by atoms with Crippen molar-refractivity contribution in [3.63, 3.8) is 0 Å². The van der Waals surface area contributed by atoms with E-state index >= 15 is 0 Å². The van der Waals surface area contributed by atoms with Gasteiger partial charge in [-0.15, -0.1) is 0 Å². The molecular weight excluding hydrogens is 274 g/mol. The highest BCUT2D eigenvalue weighted by Gasteiger charge is 2.11. The minimum atomic E-state index is -0.448. The molecule has 0 saturated carbocycles. The van der Waals surface area contributed by atoms with E-state index in [1.807, 2.05) is 30.3 Å². The highest BCUT2D eigenvalue weighted by atomic mass is 35.5. The first-order valence-corrected chi connectivity index (χ1v) is 6.39. The molecule has 0 fully saturated rings. The molecule has 1 aromatic carbocycles. The maximum atomic E-state index is 11.9. The number of hydrogen-bond acceptors (Lipinski definition) is 3. The van der Waals surface area contributed by atoms with Crippen molar-refractivity contribution in [3.8, 4) is 22.6 Å². The number of hydrogen-bond donors (Lipinski definition) is 1. The van der Waals surface area contributed by atoms with Gasteiger partial charge in [-0.05, 0) is 12.1 Å². The Labute approximate surface area is 120 Å². The molecule has 0 aliphatic carbocycles. The van der Waals surface area contributed by atoms with Gasteiger partial charge in [0, 0.05) is 23.5 Å². The Morgan fingerprint density at radius 3 is 2.35 bits per heavy atom. The Hall–Kier alpha value is -2.46. The molecule has 0 spiro atoms. The summed E-state index contributed by atoms with van der Waals surface area (Å²) in [6.45, 7) is 0. The zero-order valence-corrected chi connectivity index (χ0v) is 11.1. The van der Waals surface area contributed by atoms with Crippen LogP contribution in [0.25, 0.3) is 22.6 Å². The molecule has 5 heteroatoms. The number of nitrogens with one attached hydrogen (secondary N) is 1. The molecule has 0 aliphatic heterocycles. The molecule has 0 atom stereocenters. The molecule has 20 heavy (non-hydrogen) atoms. The number of halogens is 1. The molecule has 3 aromatic rings.